The van der Waals surface area contributed by atoms with Crippen molar-refractivity contribution in [3.63, 3.8) is 0 Å². The Balaban J connectivity index is 0. The molecule has 0 bridgehead atoms. The zero-order valence-corrected chi connectivity index (χ0v) is 34.8. The number of hydrogen-bond donors (Lipinski definition) is 2. The van der Waals surface area contributed by atoms with Crippen LogP contribution in [0.5, 0.6) is 0 Å². The molecule has 0 amide bonds. The van der Waals surface area contributed by atoms with E-state index >= 15 is 0 Å². The smallest absolute Gasteiger partial charge is 0.462 e. The SMILES string of the molecule is CCCCCCCCC=CCCCCCCCC(=O)OCC(COP(=O)(O)O)OC(=O)CCCCCCCC=CCCCCCCCC.[Na]. The summed E-state index contributed by atoms with van der Waals surface area (Å²) in [6.45, 7) is 3.66. The quantitative estimate of drug-likeness (QED) is 0.0215. The predicted octanol–water partition coefficient (Wildman–Crippen LogP) is 11.2. The van der Waals surface area contributed by atoms with Gasteiger partial charge in [0.1, 0.15) is 6.61 Å². The minimum atomic E-state index is -4.75. The van der Waals surface area contributed by atoms with Crippen LogP contribution in [0.3, 0.4) is 0 Å². The van der Waals surface area contributed by atoms with E-state index in [0.29, 0.717) is 12.8 Å². The molecule has 0 aliphatic carbocycles. The van der Waals surface area contributed by atoms with Crippen molar-refractivity contribution in [2.24, 2.45) is 0 Å². The number of carbonyl (C=O) groups is 2. The number of carbonyl (C=O) groups excluding carboxylic acids is 2. The van der Waals surface area contributed by atoms with Crippen molar-refractivity contribution in [3.8, 4) is 0 Å². The van der Waals surface area contributed by atoms with Crippen LogP contribution in [0.2, 0.25) is 0 Å². The Kier molecular flexibility index (Phi) is 40.0. The molecule has 49 heavy (non-hydrogen) atoms. The number of phosphoric ester groups is 1. The third-order valence-corrected chi connectivity index (χ3v) is 8.93. The molecule has 2 N–H and O–H groups in total. The van der Waals surface area contributed by atoms with Crippen LogP contribution in [0, 0.1) is 0 Å². The Bertz CT molecular complexity index is 845. The number of phosphoric acid groups is 1. The molecule has 0 rings (SSSR count). The van der Waals surface area contributed by atoms with Gasteiger partial charge < -0.3 is 19.3 Å². The molecule has 283 valence electrons. The van der Waals surface area contributed by atoms with Crippen LogP contribution in [0.25, 0.3) is 0 Å². The summed E-state index contributed by atoms with van der Waals surface area (Å²) in [5.74, 6) is -0.901. The molecule has 0 aromatic heterocycles. The van der Waals surface area contributed by atoms with Crippen molar-refractivity contribution in [3.05, 3.63) is 24.3 Å². The molecule has 1 atom stereocenters. The molecule has 0 saturated carbocycles. The van der Waals surface area contributed by atoms with Gasteiger partial charge in [-0.15, -0.1) is 0 Å². The van der Waals surface area contributed by atoms with Gasteiger partial charge in [-0.1, -0.05) is 141 Å². The van der Waals surface area contributed by atoms with E-state index in [1.807, 2.05) is 0 Å². The van der Waals surface area contributed by atoms with Gasteiger partial charge in [0, 0.05) is 42.4 Å². The number of unbranched alkanes of at least 4 members (excludes halogenated alkanes) is 22. The topological polar surface area (TPSA) is 119 Å². The first-order valence-electron chi connectivity index (χ1n) is 19.6. The fourth-order valence-electron chi connectivity index (χ4n) is 5.48. The molecule has 0 fully saturated rings. The van der Waals surface area contributed by atoms with E-state index in [0.717, 1.165) is 64.2 Å². The third kappa shape index (κ3) is 41.8. The van der Waals surface area contributed by atoms with Crippen molar-refractivity contribution in [2.75, 3.05) is 13.2 Å². The summed E-state index contributed by atoms with van der Waals surface area (Å²) in [5, 5.41) is 0. The maximum absolute atomic E-state index is 12.4. The first-order chi connectivity index (χ1) is 23.3. The first-order valence-corrected chi connectivity index (χ1v) is 21.2. The summed E-state index contributed by atoms with van der Waals surface area (Å²) >= 11 is 0. The van der Waals surface area contributed by atoms with Crippen LogP contribution in [0.4, 0.5) is 0 Å². The summed E-state index contributed by atoms with van der Waals surface area (Å²) in [7, 11) is -4.75. The molecular weight excluding hydrogens is 650 g/mol. The zero-order chi connectivity index (χ0) is 35.4. The van der Waals surface area contributed by atoms with Crippen LogP contribution in [-0.2, 0) is 28.2 Å². The maximum Gasteiger partial charge on any atom is 0.469 e. The number of hydrogen-bond acceptors (Lipinski definition) is 6. The van der Waals surface area contributed by atoms with Gasteiger partial charge in [-0.05, 0) is 64.2 Å². The second-order valence-corrected chi connectivity index (χ2v) is 14.5. The molecule has 0 aliphatic heterocycles. The fourth-order valence-corrected chi connectivity index (χ4v) is 5.84. The second kappa shape index (κ2) is 38.8. The molecule has 1 unspecified atom stereocenters. The van der Waals surface area contributed by atoms with Crippen LogP contribution >= 0.6 is 7.82 Å². The Labute approximate surface area is 322 Å². The molecule has 0 aromatic carbocycles. The molecule has 10 heteroatoms. The number of allylic oxidation sites excluding steroid dienone is 4. The Morgan fingerprint density at radius 3 is 1.27 bits per heavy atom. The zero-order valence-electron chi connectivity index (χ0n) is 31.9. The summed E-state index contributed by atoms with van der Waals surface area (Å²) in [4.78, 5) is 42.7. The summed E-state index contributed by atoms with van der Waals surface area (Å²) in [6, 6.07) is 0. The molecule has 0 spiro atoms. The molecule has 0 aliphatic rings. The number of rotatable bonds is 36. The molecule has 0 saturated heterocycles. The van der Waals surface area contributed by atoms with Crippen molar-refractivity contribution in [1.29, 1.82) is 0 Å². The summed E-state index contributed by atoms with van der Waals surface area (Å²) in [5.41, 5.74) is 0. The Morgan fingerprint density at radius 2 is 0.878 bits per heavy atom. The van der Waals surface area contributed by atoms with Gasteiger partial charge in [0.05, 0.1) is 6.61 Å². The minimum Gasteiger partial charge on any atom is -0.462 e. The molecule has 0 heterocycles. The van der Waals surface area contributed by atoms with Crippen LogP contribution in [-0.4, -0.2) is 70.6 Å². The minimum absolute atomic E-state index is 0. The molecule has 8 nitrogen and oxygen atoms in total. The van der Waals surface area contributed by atoms with E-state index in [9.17, 15) is 14.2 Å². The van der Waals surface area contributed by atoms with Crippen LogP contribution < -0.4 is 0 Å². The number of ether oxygens (including phenoxy) is 2. The normalized spacial score (nSPS) is 12.4. The largest absolute Gasteiger partial charge is 0.469 e. The summed E-state index contributed by atoms with van der Waals surface area (Å²) in [6.07, 6.45) is 38.9. The van der Waals surface area contributed by atoms with Crippen LogP contribution in [0.1, 0.15) is 194 Å². The Hall–Kier alpha value is -0.470. The van der Waals surface area contributed by atoms with Gasteiger partial charge in [0.25, 0.3) is 0 Å². The fraction of sp³-hybridized carbons (Fsp3) is 0.846. The van der Waals surface area contributed by atoms with Crippen molar-refractivity contribution < 1.29 is 37.9 Å². The number of esters is 2. The van der Waals surface area contributed by atoms with Gasteiger partial charge in [0.15, 0.2) is 6.10 Å². The molecule has 1 radical (unpaired) electrons. The van der Waals surface area contributed by atoms with Crippen LogP contribution in [0.15, 0.2) is 24.3 Å². The summed E-state index contributed by atoms with van der Waals surface area (Å²) < 4.78 is 26.3. The second-order valence-electron chi connectivity index (χ2n) is 13.2. The average Bonchev–Trinajstić information content (AvgIpc) is 3.05. The average molecular weight is 724 g/mol. The monoisotopic (exact) mass is 723 g/mol. The van der Waals surface area contributed by atoms with Crippen molar-refractivity contribution in [1.82, 2.24) is 0 Å². The molecular formula is C39H73NaO8P. The Morgan fingerprint density at radius 1 is 0.531 bits per heavy atom. The van der Waals surface area contributed by atoms with E-state index in [2.05, 4.69) is 42.7 Å². The van der Waals surface area contributed by atoms with Gasteiger partial charge in [-0.2, -0.15) is 0 Å². The van der Waals surface area contributed by atoms with Gasteiger partial charge in [-0.25, -0.2) is 4.57 Å². The van der Waals surface area contributed by atoms with E-state index in [-0.39, 0.29) is 49.0 Å². The van der Waals surface area contributed by atoms with E-state index in [1.165, 1.54) is 89.9 Å². The van der Waals surface area contributed by atoms with Crippen molar-refractivity contribution in [2.45, 2.75) is 200 Å². The van der Waals surface area contributed by atoms with Gasteiger partial charge in [0.2, 0.25) is 0 Å². The molecule has 0 aromatic rings. The third-order valence-electron chi connectivity index (χ3n) is 8.44. The predicted molar refractivity (Wildman–Crippen MR) is 203 cm³/mol. The standard InChI is InChI=1S/C39H73O8P.Na/c1-3-5-7-9-11-13-15-17-19-21-23-25-27-29-31-33-38(40)45-35-37(36-46-48(42,43)44)47-39(41)34-32-30-28-26-24-22-20-18-16-14-12-10-8-6-4-2;/h17-20,37H,3-16,21-36H2,1-2H3,(H2,42,43,44);. The van der Waals surface area contributed by atoms with E-state index in [1.54, 1.807) is 0 Å². The maximum atomic E-state index is 12.4. The first kappa shape index (κ1) is 50.6. The van der Waals surface area contributed by atoms with E-state index < -0.39 is 32.5 Å². The van der Waals surface area contributed by atoms with Crippen molar-refractivity contribution >= 4 is 49.3 Å². The van der Waals surface area contributed by atoms with Gasteiger partial charge in [-0.3, -0.25) is 14.1 Å². The van der Waals surface area contributed by atoms with Gasteiger partial charge >= 0.3 is 19.8 Å². The van der Waals surface area contributed by atoms with E-state index in [4.69, 9.17) is 19.3 Å².